The quantitative estimate of drug-likeness (QED) is 0.222. The predicted molar refractivity (Wildman–Crippen MR) is 102 cm³/mol. The van der Waals surface area contributed by atoms with Crippen LogP contribution in [0.4, 0.5) is 0 Å². The van der Waals surface area contributed by atoms with E-state index >= 15 is 0 Å². The smallest absolute Gasteiger partial charge is 0.333 e. The Labute approximate surface area is 154 Å². The molecule has 0 fully saturated rings. The average molecular weight is 361 g/mol. The minimum atomic E-state index is -0.296. The number of carbonyl (C=O) groups excluding carboxylic acids is 1. The minimum absolute atomic E-state index is 0.288. The zero-order valence-electron chi connectivity index (χ0n) is 16.2. The number of carbonyl (C=O) groups is 1. The molecule has 0 spiro atoms. The molecule has 0 aromatic heterocycles. The van der Waals surface area contributed by atoms with Crippen LogP contribution in [-0.4, -0.2) is 47.7 Å². The van der Waals surface area contributed by atoms with Gasteiger partial charge in [-0.05, 0) is 32.6 Å². The summed E-state index contributed by atoms with van der Waals surface area (Å²) >= 11 is 0. The van der Waals surface area contributed by atoms with Crippen LogP contribution < -0.4 is 0 Å². The Morgan fingerprint density at radius 3 is 1.32 bits per heavy atom. The lowest BCUT2D eigenvalue weighted by atomic mass is 10.1. The molecule has 25 heavy (non-hydrogen) atoms. The van der Waals surface area contributed by atoms with E-state index in [0.29, 0.717) is 25.4 Å². The van der Waals surface area contributed by atoms with Gasteiger partial charge in [0, 0.05) is 25.4 Å². The average Bonchev–Trinajstić information content (AvgIpc) is 2.60. The third-order valence-corrected chi connectivity index (χ3v) is 3.70. The molecule has 0 saturated carbocycles. The molecule has 0 aliphatic heterocycles. The molecule has 0 heterocycles. The summed E-state index contributed by atoms with van der Waals surface area (Å²) in [7, 11) is 0. The van der Waals surface area contributed by atoms with Crippen LogP contribution in [0.2, 0.25) is 0 Å². The van der Waals surface area contributed by atoms with E-state index in [4.69, 9.17) is 20.1 Å². The maximum atomic E-state index is 11.0. The molecule has 150 valence electrons. The highest BCUT2D eigenvalue weighted by Gasteiger charge is 2.01. The van der Waals surface area contributed by atoms with E-state index in [9.17, 15) is 4.79 Å². The molecule has 0 saturated heterocycles. The zero-order valence-corrected chi connectivity index (χ0v) is 16.2. The van der Waals surface area contributed by atoms with Gasteiger partial charge < -0.3 is 20.1 Å². The molecule has 0 radical (unpaired) electrons. The fraction of sp³-hybridized carbons (Fsp3) is 0.850. The van der Waals surface area contributed by atoms with Gasteiger partial charge in [0.05, 0.1) is 6.61 Å². The maximum Gasteiger partial charge on any atom is 0.333 e. The standard InChI is InChI=1S/C12H22O3.C8H18O2/c1-11(2)12(14)15-10-8-6-4-3-5-7-9-13;9-7-5-3-1-2-4-6-8-10/h13H,1,3-10H2,2H3;9-10H,1-8H2. The van der Waals surface area contributed by atoms with Crippen molar-refractivity contribution in [3.8, 4) is 0 Å². The maximum absolute atomic E-state index is 11.0. The molecule has 0 aromatic carbocycles. The third kappa shape index (κ3) is 25.4. The fourth-order valence-corrected chi connectivity index (χ4v) is 2.14. The number of hydrogen-bond donors (Lipinski definition) is 3. The van der Waals surface area contributed by atoms with Gasteiger partial charge >= 0.3 is 5.97 Å². The summed E-state index contributed by atoms with van der Waals surface area (Å²) in [6.45, 7) is 6.57. The van der Waals surface area contributed by atoms with Gasteiger partial charge in [-0.3, -0.25) is 0 Å². The second kappa shape index (κ2) is 23.1. The molecule has 0 aromatic rings. The summed E-state index contributed by atoms with van der Waals surface area (Å²) in [5.74, 6) is -0.296. The topological polar surface area (TPSA) is 87.0 Å². The number of hydrogen-bond acceptors (Lipinski definition) is 5. The molecular formula is C20H40O5. The van der Waals surface area contributed by atoms with Crippen LogP contribution in [0.1, 0.15) is 84.0 Å². The van der Waals surface area contributed by atoms with E-state index in [2.05, 4.69) is 6.58 Å². The highest BCUT2D eigenvalue weighted by molar-refractivity contribution is 5.86. The number of rotatable bonds is 16. The Morgan fingerprint density at radius 1 is 0.680 bits per heavy atom. The molecule has 0 aliphatic rings. The van der Waals surface area contributed by atoms with Crippen LogP contribution in [-0.2, 0) is 9.53 Å². The first-order chi connectivity index (χ1) is 12.1. The Bertz CT molecular complexity index is 284. The molecule has 0 unspecified atom stereocenters. The van der Waals surface area contributed by atoms with Gasteiger partial charge in [0.15, 0.2) is 0 Å². The van der Waals surface area contributed by atoms with Crippen molar-refractivity contribution < 1.29 is 24.9 Å². The first-order valence-electron chi connectivity index (χ1n) is 9.75. The van der Waals surface area contributed by atoms with Gasteiger partial charge in [0.2, 0.25) is 0 Å². The molecule has 0 bridgehead atoms. The van der Waals surface area contributed by atoms with Gasteiger partial charge in [-0.15, -0.1) is 0 Å². The Kier molecular flexibility index (Phi) is 24.3. The van der Waals surface area contributed by atoms with Crippen molar-refractivity contribution in [3.05, 3.63) is 12.2 Å². The molecule has 5 nitrogen and oxygen atoms in total. The lowest BCUT2D eigenvalue weighted by Crippen LogP contribution is -2.05. The Hall–Kier alpha value is -0.910. The normalized spacial score (nSPS) is 10.1. The van der Waals surface area contributed by atoms with Gasteiger partial charge in [0.25, 0.3) is 0 Å². The van der Waals surface area contributed by atoms with Crippen molar-refractivity contribution in [2.75, 3.05) is 26.4 Å². The van der Waals surface area contributed by atoms with Crippen molar-refractivity contribution >= 4 is 5.97 Å². The van der Waals surface area contributed by atoms with Crippen molar-refractivity contribution in [1.29, 1.82) is 0 Å². The summed E-state index contributed by atoms with van der Waals surface area (Å²) < 4.78 is 4.95. The second-order valence-electron chi connectivity index (χ2n) is 6.33. The van der Waals surface area contributed by atoms with E-state index in [0.717, 1.165) is 64.2 Å². The molecule has 0 atom stereocenters. The number of esters is 1. The highest BCUT2D eigenvalue weighted by atomic mass is 16.5. The summed E-state index contributed by atoms with van der Waals surface area (Å²) in [4.78, 5) is 11.0. The van der Waals surface area contributed by atoms with Gasteiger partial charge in [-0.2, -0.15) is 0 Å². The molecule has 0 aliphatic carbocycles. The zero-order chi connectivity index (χ0) is 19.2. The molecular weight excluding hydrogens is 320 g/mol. The van der Waals surface area contributed by atoms with E-state index in [1.54, 1.807) is 6.92 Å². The third-order valence-electron chi connectivity index (χ3n) is 3.70. The van der Waals surface area contributed by atoms with Gasteiger partial charge in [-0.1, -0.05) is 57.9 Å². The number of unbranched alkanes of at least 4 members (excludes halogenated alkanes) is 10. The Morgan fingerprint density at radius 2 is 1.00 bits per heavy atom. The predicted octanol–water partition coefficient (Wildman–Crippen LogP) is 3.75. The fourth-order valence-electron chi connectivity index (χ4n) is 2.14. The molecule has 5 heteroatoms. The van der Waals surface area contributed by atoms with Crippen LogP contribution in [0.15, 0.2) is 12.2 Å². The first kappa shape index (κ1) is 26.3. The van der Waals surface area contributed by atoms with Crippen molar-refractivity contribution in [2.45, 2.75) is 84.0 Å². The largest absolute Gasteiger partial charge is 0.462 e. The van der Waals surface area contributed by atoms with Crippen molar-refractivity contribution in [1.82, 2.24) is 0 Å². The van der Waals surface area contributed by atoms with Crippen LogP contribution in [0, 0.1) is 0 Å². The molecule has 3 N–H and O–H groups in total. The monoisotopic (exact) mass is 360 g/mol. The number of ether oxygens (including phenoxy) is 1. The van der Waals surface area contributed by atoms with Crippen LogP contribution >= 0.6 is 0 Å². The van der Waals surface area contributed by atoms with E-state index < -0.39 is 0 Å². The Balaban J connectivity index is 0. The second-order valence-corrected chi connectivity index (χ2v) is 6.33. The van der Waals surface area contributed by atoms with Gasteiger partial charge in [0.1, 0.15) is 0 Å². The molecule has 0 amide bonds. The van der Waals surface area contributed by atoms with E-state index in [1.807, 2.05) is 0 Å². The highest BCUT2D eigenvalue weighted by Crippen LogP contribution is 2.05. The SMILES string of the molecule is C=C(C)C(=O)OCCCCCCCCO.OCCCCCCCCO. The van der Waals surface area contributed by atoms with Crippen LogP contribution in [0.5, 0.6) is 0 Å². The summed E-state index contributed by atoms with van der Waals surface area (Å²) in [5.41, 5.74) is 0.456. The van der Waals surface area contributed by atoms with Crippen molar-refractivity contribution in [3.63, 3.8) is 0 Å². The summed E-state index contributed by atoms with van der Waals surface area (Å²) in [6, 6.07) is 0. The van der Waals surface area contributed by atoms with Crippen LogP contribution in [0.25, 0.3) is 0 Å². The van der Waals surface area contributed by atoms with Crippen molar-refractivity contribution in [2.24, 2.45) is 0 Å². The lowest BCUT2D eigenvalue weighted by Gasteiger charge is -2.03. The molecule has 0 rings (SSSR count). The van der Waals surface area contributed by atoms with E-state index in [1.165, 1.54) is 12.8 Å². The lowest BCUT2D eigenvalue weighted by molar-refractivity contribution is -0.139. The van der Waals surface area contributed by atoms with E-state index in [-0.39, 0.29) is 12.6 Å². The first-order valence-corrected chi connectivity index (χ1v) is 9.75. The minimum Gasteiger partial charge on any atom is -0.462 e. The summed E-state index contributed by atoms with van der Waals surface area (Å²) in [5, 5.41) is 25.4. The summed E-state index contributed by atoms with van der Waals surface area (Å²) in [6.07, 6.45) is 12.8. The van der Waals surface area contributed by atoms with Gasteiger partial charge in [-0.25, -0.2) is 4.79 Å². The number of aliphatic hydroxyl groups is 3. The number of aliphatic hydroxyl groups excluding tert-OH is 3. The van der Waals surface area contributed by atoms with Crippen LogP contribution in [0.3, 0.4) is 0 Å².